The van der Waals surface area contributed by atoms with E-state index < -0.39 is 0 Å². The zero-order valence-electron chi connectivity index (χ0n) is 6.31. The maximum atomic E-state index is 11.1. The third-order valence-corrected chi connectivity index (χ3v) is 3.58. The van der Waals surface area contributed by atoms with E-state index in [4.69, 9.17) is 0 Å². The van der Waals surface area contributed by atoms with Gasteiger partial charge in [0.2, 0.25) is 5.91 Å². The molecule has 0 saturated carbocycles. The van der Waals surface area contributed by atoms with Crippen LogP contribution in [0, 0.1) is 5.92 Å². The Balaban J connectivity index is 2.49. The molecule has 0 bridgehead atoms. The number of halogens is 2. The molecule has 0 unspecified atom stereocenters. The van der Waals surface area contributed by atoms with Gasteiger partial charge in [-0.05, 0) is 12.3 Å². The van der Waals surface area contributed by atoms with Crippen LogP contribution in [0.15, 0.2) is 0 Å². The van der Waals surface area contributed by atoms with Crippen molar-refractivity contribution in [3.05, 3.63) is 0 Å². The molecule has 64 valence electrons. The molecule has 1 aliphatic rings. The Labute approximate surface area is 94.2 Å². The van der Waals surface area contributed by atoms with Gasteiger partial charge in [0.1, 0.15) is 0 Å². The maximum absolute atomic E-state index is 11.1. The number of carbonyl (C=O) groups is 1. The van der Waals surface area contributed by atoms with Gasteiger partial charge in [-0.1, -0.05) is 52.1 Å². The quantitative estimate of drug-likeness (QED) is 0.549. The van der Waals surface area contributed by atoms with E-state index in [0.717, 1.165) is 6.42 Å². The fourth-order valence-corrected chi connectivity index (χ4v) is 2.27. The highest BCUT2D eigenvalue weighted by Gasteiger charge is 2.26. The lowest BCUT2D eigenvalue weighted by atomic mass is 9.95. The molecule has 1 aliphatic heterocycles. The number of alkyl halides is 2. The minimum absolute atomic E-state index is 0.215. The van der Waals surface area contributed by atoms with Gasteiger partial charge < -0.3 is 5.32 Å². The Bertz CT molecular complexity index is 161. The van der Waals surface area contributed by atoms with Crippen LogP contribution in [0.1, 0.15) is 19.8 Å². The van der Waals surface area contributed by atoms with Gasteiger partial charge in [0, 0.05) is 12.5 Å². The summed E-state index contributed by atoms with van der Waals surface area (Å²) in [5.41, 5.74) is 0. The van der Waals surface area contributed by atoms with Crippen LogP contribution in [-0.2, 0) is 4.79 Å². The number of piperidine rings is 1. The number of amides is 1. The Kier molecular flexibility index (Phi) is 3.87. The molecule has 4 heteroatoms. The first-order valence-corrected chi connectivity index (χ1v) is 6.16. The van der Waals surface area contributed by atoms with Crippen molar-refractivity contribution in [1.82, 2.24) is 5.32 Å². The van der Waals surface area contributed by atoms with E-state index in [-0.39, 0.29) is 5.91 Å². The van der Waals surface area contributed by atoms with Crippen LogP contribution in [0.4, 0.5) is 0 Å². The minimum Gasteiger partial charge on any atom is -0.352 e. The molecule has 1 saturated heterocycles. The summed E-state index contributed by atoms with van der Waals surface area (Å²) in [5.74, 6) is 0.771. The van der Waals surface area contributed by atoms with Crippen LogP contribution in [0.3, 0.4) is 0 Å². The minimum atomic E-state index is 0.215. The number of hydrogen-bond donors (Lipinski definition) is 1. The Morgan fingerprint density at radius 2 is 2.27 bits per heavy atom. The smallest absolute Gasteiger partial charge is 0.220 e. The molecule has 0 radical (unpaired) electrons. The topological polar surface area (TPSA) is 29.1 Å². The second-order valence-corrected chi connectivity index (χ2v) is 8.12. The molecule has 2 atom stereocenters. The lowest BCUT2D eigenvalue weighted by Crippen LogP contribution is -2.44. The predicted octanol–water partition coefficient (Wildman–Crippen LogP) is 2.10. The summed E-state index contributed by atoms with van der Waals surface area (Å²) >= 11 is 4.71. The van der Waals surface area contributed by atoms with Gasteiger partial charge in [0.15, 0.2) is 0 Å². The summed E-state index contributed by atoms with van der Waals surface area (Å²) < 4.78 is 0.511. The molecule has 1 N–H and O–H groups in total. The SMILES string of the molecule is C[C@@H]1CC(=O)N[C@H](C(I)I)C1. The molecule has 1 rings (SSSR count). The average molecular weight is 379 g/mol. The zero-order valence-corrected chi connectivity index (χ0v) is 10.6. The summed E-state index contributed by atoms with van der Waals surface area (Å²) in [6, 6.07) is 0.382. The first kappa shape index (κ1) is 10.0. The van der Waals surface area contributed by atoms with Crippen LogP contribution in [0.2, 0.25) is 0 Å². The molecule has 2 nitrogen and oxygen atoms in total. The van der Waals surface area contributed by atoms with E-state index in [1.54, 1.807) is 0 Å². The highest BCUT2D eigenvalue weighted by atomic mass is 127. The first-order valence-electron chi connectivity index (χ1n) is 3.67. The summed E-state index contributed by atoms with van der Waals surface area (Å²) in [4.78, 5) is 11.1. The third kappa shape index (κ3) is 3.04. The fraction of sp³-hybridized carbons (Fsp3) is 0.857. The summed E-state index contributed by atoms with van der Waals surface area (Å²) in [7, 11) is 0. The summed E-state index contributed by atoms with van der Waals surface area (Å²) in [6.07, 6.45) is 1.83. The van der Waals surface area contributed by atoms with Crippen LogP contribution in [0.5, 0.6) is 0 Å². The molecule has 1 fully saturated rings. The summed E-state index contributed by atoms with van der Waals surface area (Å²) in [6.45, 7) is 2.14. The molecule has 1 amide bonds. The van der Waals surface area contributed by atoms with E-state index in [2.05, 4.69) is 57.4 Å². The van der Waals surface area contributed by atoms with Crippen LogP contribution in [-0.4, -0.2) is 13.9 Å². The average Bonchev–Trinajstić information content (AvgIpc) is 1.85. The van der Waals surface area contributed by atoms with Crippen LogP contribution >= 0.6 is 45.2 Å². The molecule has 0 aliphatic carbocycles. The van der Waals surface area contributed by atoms with Crippen molar-refractivity contribution in [1.29, 1.82) is 0 Å². The summed E-state index contributed by atoms with van der Waals surface area (Å²) in [5, 5.41) is 2.99. The molecule has 1 heterocycles. The molecular formula is C7H11I2NO. The predicted molar refractivity (Wildman–Crippen MR) is 62.2 cm³/mol. The van der Waals surface area contributed by atoms with Crippen molar-refractivity contribution in [3.8, 4) is 0 Å². The van der Waals surface area contributed by atoms with E-state index in [0.29, 0.717) is 20.3 Å². The van der Waals surface area contributed by atoms with E-state index in [1.165, 1.54) is 0 Å². The van der Waals surface area contributed by atoms with Crippen molar-refractivity contribution in [2.75, 3.05) is 0 Å². The lowest BCUT2D eigenvalue weighted by molar-refractivity contribution is -0.124. The normalized spacial score (nSPS) is 32.2. The number of carbonyl (C=O) groups excluding carboxylic acids is 1. The van der Waals surface area contributed by atoms with Crippen LogP contribution in [0.25, 0.3) is 0 Å². The van der Waals surface area contributed by atoms with Gasteiger partial charge in [-0.15, -0.1) is 0 Å². The van der Waals surface area contributed by atoms with Crippen molar-refractivity contribution in [2.24, 2.45) is 5.92 Å². The van der Waals surface area contributed by atoms with Crippen molar-refractivity contribution in [3.63, 3.8) is 0 Å². The molecule has 0 spiro atoms. The first-order chi connectivity index (χ1) is 5.09. The second-order valence-electron chi connectivity index (χ2n) is 3.05. The number of nitrogens with one attached hydrogen (secondary N) is 1. The van der Waals surface area contributed by atoms with Gasteiger partial charge in [-0.3, -0.25) is 4.79 Å². The number of rotatable bonds is 1. The third-order valence-electron chi connectivity index (χ3n) is 1.84. The maximum Gasteiger partial charge on any atom is 0.220 e. The molecule has 11 heavy (non-hydrogen) atoms. The van der Waals surface area contributed by atoms with Gasteiger partial charge in [-0.25, -0.2) is 0 Å². The lowest BCUT2D eigenvalue weighted by Gasteiger charge is -2.28. The molecular weight excluding hydrogens is 368 g/mol. The Morgan fingerprint density at radius 3 is 2.73 bits per heavy atom. The Morgan fingerprint density at radius 1 is 1.64 bits per heavy atom. The van der Waals surface area contributed by atoms with Gasteiger partial charge in [-0.2, -0.15) is 0 Å². The fourth-order valence-electron chi connectivity index (χ4n) is 1.32. The van der Waals surface area contributed by atoms with Crippen LogP contribution < -0.4 is 5.32 Å². The number of hydrogen-bond acceptors (Lipinski definition) is 1. The highest BCUT2D eigenvalue weighted by molar-refractivity contribution is 14.2. The standard InChI is InChI=1S/C7H11I2NO/c1-4-2-5(7(8)9)10-6(11)3-4/h4-5,7H,2-3H2,1H3,(H,10,11)/t4-,5-/m0/s1. The van der Waals surface area contributed by atoms with Crippen molar-refractivity contribution < 1.29 is 4.79 Å². The van der Waals surface area contributed by atoms with Gasteiger partial charge >= 0.3 is 0 Å². The molecule has 0 aromatic carbocycles. The van der Waals surface area contributed by atoms with E-state index >= 15 is 0 Å². The van der Waals surface area contributed by atoms with Crippen molar-refractivity contribution >= 4 is 51.1 Å². The largest absolute Gasteiger partial charge is 0.352 e. The second kappa shape index (κ2) is 4.25. The van der Waals surface area contributed by atoms with Gasteiger partial charge in [0.05, 0.1) is 1.93 Å². The van der Waals surface area contributed by atoms with E-state index in [1.807, 2.05) is 0 Å². The van der Waals surface area contributed by atoms with E-state index in [9.17, 15) is 4.79 Å². The zero-order chi connectivity index (χ0) is 8.43. The molecule has 0 aromatic rings. The Hall–Kier alpha value is 0.930. The van der Waals surface area contributed by atoms with Crippen molar-refractivity contribution in [2.45, 2.75) is 27.7 Å². The van der Waals surface area contributed by atoms with Gasteiger partial charge in [0.25, 0.3) is 0 Å². The monoisotopic (exact) mass is 379 g/mol. The molecule has 0 aromatic heterocycles. The highest BCUT2D eigenvalue weighted by Crippen LogP contribution is 2.25.